The maximum absolute atomic E-state index is 8.67. The van der Waals surface area contributed by atoms with E-state index in [1.165, 1.54) is 12.1 Å². The molecule has 0 atom stereocenters. The summed E-state index contributed by atoms with van der Waals surface area (Å²) in [5.41, 5.74) is 10.0. The lowest BCUT2D eigenvalue weighted by atomic mass is 10.2. The van der Waals surface area contributed by atoms with Gasteiger partial charge in [0.05, 0.1) is 5.69 Å². The number of nitrogens with two attached hydrogens (primary N) is 1. The van der Waals surface area contributed by atoms with Crippen molar-refractivity contribution in [1.82, 2.24) is 0 Å². The average molecular weight is 411 g/mol. The zero-order valence-corrected chi connectivity index (χ0v) is 16.8. The standard InChI is InChI=1S/C15H17N3.C6H6O2.BH3O3/c1-11-7-3-5-9-13(11)17-15(16)18-14-10-6-4-8-12(14)2;7-5-3-1-2-4-6(5)8;2-1(3)4/h3-10H,1-2H3,(H3,16,17,18);1-4,7-8H;2-4H. The van der Waals surface area contributed by atoms with E-state index in [-0.39, 0.29) is 11.5 Å². The number of anilines is 1. The van der Waals surface area contributed by atoms with Crippen molar-refractivity contribution in [2.45, 2.75) is 13.8 Å². The van der Waals surface area contributed by atoms with Crippen LogP contribution in [0.1, 0.15) is 11.1 Å². The Hall–Kier alpha value is -3.53. The van der Waals surface area contributed by atoms with E-state index in [9.17, 15) is 0 Å². The third kappa shape index (κ3) is 9.60. The molecule has 3 aromatic carbocycles. The van der Waals surface area contributed by atoms with Gasteiger partial charge >= 0.3 is 7.32 Å². The van der Waals surface area contributed by atoms with E-state index >= 15 is 0 Å². The molecule has 8 N–H and O–H groups in total. The molecule has 0 unspecified atom stereocenters. The molecule has 158 valence electrons. The van der Waals surface area contributed by atoms with Crippen LogP contribution in [-0.2, 0) is 0 Å². The lowest BCUT2D eigenvalue weighted by Gasteiger charge is -2.08. The Bertz CT molecular complexity index is 927. The summed E-state index contributed by atoms with van der Waals surface area (Å²) < 4.78 is 0. The highest BCUT2D eigenvalue weighted by atomic mass is 16.5. The van der Waals surface area contributed by atoms with Gasteiger partial charge in [-0.2, -0.15) is 0 Å². The van der Waals surface area contributed by atoms with Crippen molar-refractivity contribution >= 4 is 24.7 Å². The molecule has 0 radical (unpaired) electrons. The molecule has 3 rings (SSSR count). The van der Waals surface area contributed by atoms with Crippen molar-refractivity contribution in [3.8, 4) is 11.5 Å². The molecule has 0 amide bonds. The molecule has 0 spiro atoms. The normalized spacial score (nSPS) is 10.1. The van der Waals surface area contributed by atoms with Crippen LogP contribution in [0.3, 0.4) is 0 Å². The maximum atomic E-state index is 8.67. The van der Waals surface area contributed by atoms with Gasteiger partial charge in [0, 0.05) is 5.69 Å². The van der Waals surface area contributed by atoms with E-state index in [0.717, 1.165) is 22.5 Å². The number of aliphatic imine (C=N–C) groups is 1. The second-order valence-corrected chi connectivity index (χ2v) is 6.06. The Labute approximate surface area is 175 Å². The first-order valence-corrected chi connectivity index (χ1v) is 8.94. The summed E-state index contributed by atoms with van der Waals surface area (Å²) in [6, 6.07) is 22.0. The summed E-state index contributed by atoms with van der Waals surface area (Å²) in [6.45, 7) is 4.04. The number of benzene rings is 3. The van der Waals surface area contributed by atoms with E-state index in [4.69, 9.17) is 31.0 Å². The first-order chi connectivity index (χ1) is 14.2. The Morgan fingerprint density at radius 2 is 1.20 bits per heavy atom. The minimum absolute atomic E-state index is 0.0764. The van der Waals surface area contributed by atoms with Gasteiger partial charge in [0.25, 0.3) is 0 Å². The first kappa shape index (κ1) is 24.5. The smallest absolute Gasteiger partial charge is 0.504 e. The van der Waals surface area contributed by atoms with Crippen molar-refractivity contribution in [2.24, 2.45) is 10.7 Å². The van der Waals surface area contributed by atoms with Crippen LogP contribution in [0.4, 0.5) is 11.4 Å². The molecule has 9 heteroatoms. The summed E-state index contributed by atoms with van der Waals surface area (Å²) in [4.78, 5) is 4.38. The maximum Gasteiger partial charge on any atom is 0.631 e. The van der Waals surface area contributed by atoms with Gasteiger partial charge in [-0.1, -0.05) is 48.5 Å². The number of guanidine groups is 1. The molecule has 0 aliphatic rings. The van der Waals surface area contributed by atoms with Crippen molar-refractivity contribution < 1.29 is 25.3 Å². The number of nitrogens with one attached hydrogen (secondary N) is 1. The molecular formula is C21H26BN3O5. The largest absolute Gasteiger partial charge is 0.631 e. The van der Waals surface area contributed by atoms with Crippen molar-refractivity contribution in [3.63, 3.8) is 0 Å². The monoisotopic (exact) mass is 411 g/mol. The van der Waals surface area contributed by atoms with Gasteiger partial charge in [0.2, 0.25) is 0 Å². The van der Waals surface area contributed by atoms with Crippen molar-refractivity contribution in [1.29, 1.82) is 0 Å². The number of hydrogen-bond acceptors (Lipinski definition) is 6. The molecule has 0 aromatic heterocycles. The third-order valence-corrected chi connectivity index (χ3v) is 3.65. The van der Waals surface area contributed by atoms with Crippen LogP contribution in [0, 0.1) is 13.8 Å². The van der Waals surface area contributed by atoms with E-state index in [1.807, 2.05) is 62.4 Å². The van der Waals surface area contributed by atoms with Crippen LogP contribution in [0.5, 0.6) is 11.5 Å². The fourth-order valence-electron chi connectivity index (χ4n) is 2.16. The number of phenolic OH excluding ortho intramolecular Hbond substituents is 2. The molecule has 0 saturated heterocycles. The molecule has 0 saturated carbocycles. The quantitative estimate of drug-likeness (QED) is 0.148. The van der Waals surface area contributed by atoms with E-state index in [0.29, 0.717) is 5.96 Å². The fraction of sp³-hybridized carbons (Fsp3) is 0.0952. The number of phenols is 2. The fourth-order valence-corrected chi connectivity index (χ4v) is 2.16. The lowest BCUT2D eigenvalue weighted by Crippen LogP contribution is -2.22. The molecule has 0 heterocycles. The summed E-state index contributed by atoms with van der Waals surface area (Å²) in [5.74, 6) is 0.249. The van der Waals surface area contributed by atoms with Gasteiger partial charge in [-0.15, -0.1) is 0 Å². The molecule has 3 aromatic rings. The molecule has 8 nitrogen and oxygen atoms in total. The third-order valence-electron chi connectivity index (χ3n) is 3.65. The van der Waals surface area contributed by atoms with Gasteiger partial charge in [-0.3, -0.25) is 0 Å². The number of aromatic hydroxyl groups is 2. The van der Waals surface area contributed by atoms with Crippen LogP contribution >= 0.6 is 0 Å². The average Bonchev–Trinajstić information content (AvgIpc) is 2.68. The zero-order chi connectivity index (χ0) is 22.5. The van der Waals surface area contributed by atoms with Gasteiger partial charge < -0.3 is 36.3 Å². The molecular weight excluding hydrogens is 385 g/mol. The number of rotatable bonds is 2. The second kappa shape index (κ2) is 12.8. The number of hydrogen-bond donors (Lipinski definition) is 7. The van der Waals surface area contributed by atoms with Crippen LogP contribution < -0.4 is 11.1 Å². The van der Waals surface area contributed by atoms with Crippen LogP contribution in [0.2, 0.25) is 0 Å². The molecule has 0 aliphatic carbocycles. The van der Waals surface area contributed by atoms with Crippen LogP contribution in [0.15, 0.2) is 77.8 Å². The predicted octanol–water partition coefficient (Wildman–Crippen LogP) is 2.41. The predicted molar refractivity (Wildman–Crippen MR) is 119 cm³/mol. The van der Waals surface area contributed by atoms with Gasteiger partial charge in [0.15, 0.2) is 17.5 Å². The number of aryl methyl sites for hydroxylation is 2. The summed E-state index contributed by atoms with van der Waals surface area (Å²) in [5, 5.41) is 42.0. The van der Waals surface area contributed by atoms with Crippen LogP contribution in [0.25, 0.3) is 0 Å². The molecule has 0 aliphatic heterocycles. The Balaban J connectivity index is 0.000000309. The lowest BCUT2D eigenvalue weighted by molar-refractivity contribution is 0.278. The summed E-state index contributed by atoms with van der Waals surface area (Å²) in [7, 11) is -2.17. The zero-order valence-electron chi connectivity index (χ0n) is 16.8. The Morgan fingerprint density at radius 3 is 1.67 bits per heavy atom. The summed E-state index contributed by atoms with van der Waals surface area (Å²) in [6.07, 6.45) is 0. The van der Waals surface area contributed by atoms with E-state index in [1.54, 1.807) is 12.1 Å². The van der Waals surface area contributed by atoms with Crippen molar-refractivity contribution in [2.75, 3.05) is 5.32 Å². The minimum Gasteiger partial charge on any atom is -0.504 e. The Morgan fingerprint density at radius 1 is 0.767 bits per heavy atom. The number of nitrogens with zero attached hydrogens (tertiary/aromatic N) is 1. The first-order valence-electron chi connectivity index (χ1n) is 8.94. The van der Waals surface area contributed by atoms with E-state index in [2.05, 4.69) is 10.3 Å². The highest BCUT2D eigenvalue weighted by molar-refractivity contribution is 6.30. The minimum atomic E-state index is -2.17. The van der Waals surface area contributed by atoms with Gasteiger partial charge in [-0.05, 0) is 49.2 Å². The molecule has 0 fully saturated rings. The van der Waals surface area contributed by atoms with Gasteiger partial charge in [-0.25, -0.2) is 4.99 Å². The summed E-state index contributed by atoms with van der Waals surface area (Å²) >= 11 is 0. The van der Waals surface area contributed by atoms with Crippen molar-refractivity contribution in [3.05, 3.63) is 83.9 Å². The molecule has 30 heavy (non-hydrogen) atoms. The highest BCUT2D eigenvalue weighted by Gasteiger charge is 2.00. The van der Waals surface area contributed by atoms with Gasteiger partial charge in [0.1, 0.15) is 0 Å². The topological polar surface area (TPSA) is 152 Å². The van der Waals surface area contributed by atoms with E-state index < -0.39 is 7.32 Å². The second-order valence-electron chi connectivity index (χ2n) is 6.06. The molecule has 0 bridgehead atoms. The Kier molecular flexibility index (Phi) is 10.5. The highest BCUT2D eigenvalue weighted by Crippen LogP contribution is 2.21. The number of para-hydroxylation sites is 4. The SMILES string of the molecule is Cc1ccccc1N=C(N)Nc1ccccc1C.OB(O)O.Oc1ccccc1O. The van der Waals surface area contributed by atoms with Crippen LogP contribution in [-0.4, -0.2) is 38.6 Å².